The van der Waals surface area contributed by atoms with Crippen molar-refractivity contribution in [3.05, 3.63) is 72.6 Å². The van der Waals surface area contributed by atoms with Gasteiger partial charge in [0.15, 0.2) is 0 Å². The fourth-order valence-electron chi connectivity index (χ4n) is 2.89. The Morgan fingerprint density at radius 1 is 1.00 bits per heavy atom. The smallest absolute Gasteiger partial charge is 0.137 e. The van der Waals surface area contributed by atoms with Gasteiger partial charge >= 0.3 is 0 Å². The van der Waals surface area contributed by atoms with E-state index in [9.17, 15) is 0 Å². The van der Waals surface area contributed by atoms with Crippen LogP contribution in [0.1, 0.15) is 12.5 Å². The van der Waals surface area contributed by atoms with Gasteiger partial charge in [-0.1, -0.05) is 43.3 Å². The third kappa shape index (κ3) is 2.71. The lowest BCUT2D eigenvalue weighted by molar-refractivity contribution is 0.726. The van der Waals surface area contributed by atoms with Gasteiger partial charge in [0, 0.05) is 24.5 Å². The van der Waals surface area contributed by atoms with E-state index in [0.29, 0.717) is 0 Å². The fraction of sp³-hybridized carbons (Fsp3) is 0.150. The molecule has 1 N–H and O–H groups in total. The van der Waals surface area contributed by atoms with E-state index in [0.717, 1.165) is 30.0 Å². The molecule has 0 saturated heterocycles. The minimum Gasteiger partial charge on any atom is -0.313 e. The van der Waals surface area contributed by atoms with Crippen molar-refractivity contribution in [1.82, 2.24) is 14.7 Å². The van der Waals surface area contributed by atoms with Crippen LogP contribution >= 0.6 is 0 Å². The molecule has 4 aromatic rings. The van der Waals surface area contributed by atoms with Crippen molar-refractivity contribution in [2.45, 2.75) is 13.5 Å². The summed E-state index contributed by atoms with van der Waals surface area (Å²) in [5.41, 5.74) is 4.41. The van der Waals surface area contributed by atoms with Crippen LogP contribution in [0.3, 0.4) is 0 Å². The molecule has 3 nitrogen and oxygen atoms in total. The predicted octanol–water partition coefficient (Wildman–Crippen LogP) is 4.26. The molecule has 0 radical (unpaired) electrons. The largest absolute Gasteiger partial charge is 0.313 e. The first-order valence-corrected chi connectivity index (χ1v) is 8.01. The standard InChI is InChI=1S/C20H19N3/c1-2-21-13-15-9-10-23-14-19(22-20(23)11-15)18-8-7-16-5-3-4-6-17(16)12-18/h3-12,14,21H,2,13H2,1H3. The Bertz CT molecular complexity index is 969. The van der Waals surface area contributed by atoms with Crippen molar-refractivity contribution >= 4 is 16.4 Å². The Labute approximate surface area is 135 Å². The van der Waals surface area contributed by atoms with Gasteiger partial charge in [-0.15, -0.1) is 0 Å². The molecular weight excluding hydrogens is 282 g/mol. The molecule has 0 atom stereocenters. The Hall–Kier alpha value is -2.65. The van der Waals surface area contributed by atoms with Crippen molar-refractivity contribution in [3.8, 4) is 11.3 Å². The van der Waals surface area contributed by atoms with Crippen LogP contribution < -0.4 is 5.32 Å². The van der Waals surface area contributed by atoms with E-state index in [4.69, 9.17) is 4.98 Å². The number of pyridine rings is 1. The summed E-state index contributed by atoms with van der Waals surface area (Å²) in [4.78, 5) is 4.79. The third-order valence-corrected chi connectivity index (χ3v) is 4.15. The highest BCUT2D eigenvalue weighted by atomic mass is 15.0. The lowest BCUT2D eigenvalue weighted by atomic mass is 10.1. The summed E-state index contributed by atoms with van der Waals surface area (Å²) >= 11 is 0. The minimum atomic E-state index is 0.880. The van der Waals surface area contributed by atoms with E-state index in [1.165, 1.54) is 16.3 Å². The summed E-state index contributed by atoms with van der Waals surface area (Å²) in [5, 5.41) is 5.85. The number of hydrogen-bond acceptors (Lipinski definition) is 2. The molecule has 2 aromatic carbocycles. The van der Waals surface area contributed by atoms with Crippen LogP contribution in [0.25, 0.3) is 27.7 Å². The van der Waals surface area contributed by atoms with Crippen LogP contribution in [-0.4, -0.2) is 15.9 Å². The van der Waals surface area contributed by atoms with Gasteiger partial charge in [0.25, 0.3) is 0 Å². The van der Waals surface area contributed by atoms with Crippen molar-refractivity contribution in [2.24, 2.45) is 0 Å². The van der Waals surface area contributed by atoms with E-state index in [-0.39, 0.29) is 0 Å². The number of imidazole rings is 1. The van der Waals surface area contributed by atoms with E-state index < -0.39 is 0 Å². The molecule has 0 fully saturated rings. The highest BCUT2D eigenvalue weighted by Gasteiger charge is 2.06. The molecule has 2 aromatic heterocycles. The van der Waals surface area contributed by atoms with Gasteiger partial charge in [-0.3, -0.25) is 0 Å². The molecule has 0 saturated carbocycles. The molecule has 0 spiro atoms. The predicted molar refractivity (Wildman–Crippen MR) is 95.5 cm³/mol. The zero-order valence-electron chi connectivity index (χ0n) is 13.2. The van der Waals surface area contributed by atoms with Gasteiger partial charge in [0.1, 0.15) is 5.65 Å². The van der Waals surface area contributed by atoms with E-state index >= 15 is 0 Å². The molecule has 4 rings (SSSR count). The monoisotopic (exact) mass is 301 g/mol. The number of aromatic nitrogens is 2. The zero-order chi connectivity index (χ0) is 15.6. The van der Waals surface area contributed by atoms with Crippen LogP contribution in [0.4, 0.5) is 0 Å². The number of hydrogen-bond donors (Lipinski definition) is 1. The Morgan fingerprint density at radius 2 is 1.87 bits per heavy atom. The lowest BCUT2D eigenvalue weighted by Gasteiger charge is -2.01. The van der Waals surface area contributed by atoms with Gasteiger partial charge in [0.05, 0.1) is 5.69 Å². The molecule has 3 heteroatoms. The molecule has 0 amide bonds. The molecule has 0 aliphatic heterocycles. The molecule has 23 heavy (non-hydrogen) atoms. The first kappa shape index (κ1) is 14.0. The molecule has 114 valence electrons. The summed E-state index contributed by atoms with van der Waals surface area (Å²) in [6.45, 7) is 3.97. The fourth-order valence-corrected chi connectivity index (χ4v) is 2.89. The maximum Gasteiger partial charge on any atom is 0.137 e. The summed E-state index contributed by atoms with van der Waals surface area (Å²) in [6.07, 6.45) is 4.18. The molecule has 2 heterocycles. The second-order valence-electron chi connectivity index (χ2n) is 5.77. The number of nitrogens with one attached hydrogen (secondary N) is 1. The average molecular weight is 301 g/mol. The van der Waals surface area contributed by atoms with E-state index in [2.05, 4.69) is 83.6 Å². The van der Waals surface area contributed by atoms with Crippen LogP contribution in [0, 0.1) is 0 Å². The maximum absolute atomic E-state index is 4.79. The maximum atomic E-state index is 4.79. The molecular formula is C20H19N3. The van der Waals surface area contributed by atoms with Gasteiger partial charge in [-0.05, 0) is 41.1 Å². The van der Waals surface area contributed by atoms with Crippen LogP contribution in [0.15, 0.2) is 67.0 Å². The summed E-state index contributed by atoms with van der Waals surface area (Å²) in [5.74, 6) is 0. The van der Waals surface area contributed by atoms with Gasteiger partial charge in [0.2, 0.25) is 0 Å². The lowest BCUT2D eigenvalue weighted by Crippen LogP contribution is -2.11. The van der Waals surface area contributed by atoms with E-state index in [1.54, 1.807) is 0 Å². The molecule has 0 aliphatic rings. The van der Waals surface area contributed by atoms with Crippen molar-refractivity contribution in [1.29, 1.82) is 0 Å². The van der Waals surface area contributed by atoms with Crippen molar-refractivity contribution in [2.75, 3.05) is 6.54 Å². The normalized spacial score (nSPS) is 11.3. The van der Waals surface area contributed by atoms with Crippen molar-refractivity contribution in [3.63, 3.8) is 0 Å². The highest BCUT2D eigenvalue weighted by Crippen LogP contribution is 2.24. The zero-order valence-corrected chi connectivity index (χ0v) is 13.2. The highest BCUT2D eigenvalue weighted by molar-refractivity contribution is 5.86. The summed E-state index contributed by atoms with van der Waals surface area (Å²) in [6, 6.07) is 19.2. The first-order chi connectivity index (χ1) is 11.3. The Balaban J connectivity index is 1.75. The SMILES string of the molecule is CCNCc1ccn2cc(-c3ccc4ccccc4c3)nc2c1. The molecule has 0 bridgehead atoms. The first-order valence-electron chi connectivity index (χ1n) is 8.01. The average Bonchev–Trinajstić information content (AvgIpc) is 3.03. The van der Waals surface area contributed by atoms with Crippen molar-refractivity contribution < 1.29 is 0 Å². The van der Waals surface area contributed by atoms with E-state index in [1.807, 2.05) is 0 Å². The summed E-state index contributed by atoms with van der Waals surface area (Å²) in [7, 11) is 0. The molecule has 0 aliphatic carbocycles. The van der Waals surface area contributed by atoms with Crippen LogP contribution in [0.5, 0.6) is 0 Å². The third-order valence-electron chi connectivity index (χ3n) is 4.15. The number of rotatable bonds is 4. The number of nitrogens with zero attached hydrogens (tertiary/aromatic N) is 2. The second-order valence-corrected chi connectivity index (χ2v) is 5.77. The topological polar surface area (TPSA) is 29.3 Å². The van der Waals surface area contributed by atoms with Crippen LogP contribution in [0.2, 0.25) is 0 Å². The minimum absolute atomic E-state index is 0.880. The number of fused-ring (bicyclic) bond motifs is 2. The van der Waals surface area contributed by atoms with Gasteiger partial charge in [-0.25, -0.2) is 4.98 Å². The Morgan fingerprint density at radius 3 is 2.74 bits per heavy atom. The second kappa shape index (κ2) is 5.86. The molecule has 0 unspecified atom stereocenters. The van der Waals surface area contributed by atoms with Crippen LogP contribution in [-0.2, 0) is 6.54 Å². The van der Waals surface area contributed by atoms with Gasteiger partial charge < -0.3 is 9.72 Å². The Kier molecular flexibility index (Phi) is 3.56. The number of benzene rings is 2. The quantitative estimate of drug-likeness (QED) is 0.610. The van der Waals surface area contributed by atoms with Gasteiger partial charge in [-0.2, -0.15) is 0 Å². The summed E-state index contributed by atoms with van der Waals surface area (Å²) < 4.78 is 2.08.